The van der Waals surface area contributed by atoms with E-state index < -0.39 is 0 Å². The van der Waals surface area contributed by atoms with Gasteiger partial charge in [0.1, 0.15) is 5.82 Å². The molecule has 1 aromatic heterocycles. The highest BCUT2D eigenvalue weighted by molar-refractivity contribution is 5.94. The summed E-state index contributed by atoms with van der Waals surface area (Å²) in [6, 6.07) is 3.93. The lowest BCUT2D eigenvalue weighted by molar-refractivity contribution is 0.959. The van der Waals surface area contributed by atoms with Gasteiger partial charge in [-0.25, -0.2) is 4.98 Å². The van der Waals surface area contributed by atoms with E-state index in [0.29, 0.717) is 0 Å². The number of pyridine rings is 1. The maximum atomic E-state index is 4.25. The highest BCUT2D eigenvalue weighted by Crippen LogP contribution is 2.09. The Bertz CT molecular complexity index is 349. The Hall–Kier alpha value is -1.49. The quantitative estimate of drug-likeness (QED) is 0.747. The van der Waals surface area contributed by atoms with E-state index in [4.69, 9.17) is 0 Å². The van der Waals surface area contributed by atoms with Crippen molar-refractivity contribution < 1.29 is 0 Å². The Labute approximate surface area is 101 Å². The lowest BCUT2D eigenvalue weighted by Crippen LogP contribution is -2.26. The third-order valence-electron chi connectivity index (χ3n) is 2.06. The summed E-state index contributed by atoms with van der Waals surface area (Å²) in [7, 11) is 0. The van der Waals surface area contributed by atoms with E-state index in [9.17, 15) is 0 Å². The van der Waals surface area contributed by atoms with E-state index in [0.717, 1.165) is 37.1 Å². The molecule has 0 aromatic carbocycles. The third-order valence-corrected chi connectivity index (χ3v) is 2.06. The van der Waals surface area contributed by atoms with Crippen molar-refractivity contribution in [2.24, 2.45) is 4.99 Å². The van der Waals surface area contributed by atoms with E-state index in [1.807, 2.05) is 19.1 Å². The van der Waals surface area contributed by atoms with E-state index >= 15 is 0 Å². The SMILES string of the molecule is CCNc1ccc(NC2=NCCN2)cn1.Cl. The average molecular weight is 242 g/mol. The molecule has 0 atom stereocenters. The molecule has 0 bridgehead atoms. The number of hydrogen-bond donors (Lipinski definition) is 3. The van der Waals surface area contributed by atoms with Crippen LogP contribution < -0.4 is 16.0 Å². The highest BCUT2D eigenvalue weighted by atomic mass is 35.5. The molecule has 0 saturated heterocycles. The molecule has 2 rings (SSSR count). The number of hydrogen-bond acceptors (Lipinski definition) is 5. The molecule has 6 heteroatoms. The van der Waals surface area contributed by atoms with Gasteiger partial charge in [-0.15, -0.1) is 12.4 Å². The summed E-state index contributed by atoms with van der Waals surface area (Å²) >= 11 is 0. The minimum atomic E-state index is 0. The predicted octanol–water partition coefficient (Wildman–Crippen LogP) is 1.31. The average Bonchev–Trinajstić information content (AvgIpc) is 2.74. The van der Waals surface area contributed by atoms with Crippen molar-refractivity contribution in [1.29, 1.82) is 0 Å². The highest BCUT2D eigenvalue weighted by Gasteiger charge is 2.04. The monoisotopic (exact) mass is 241 g/mol. The van der Waals surface area contributed by atoms with Crippen molar-refractivity contribution in [3.8, 4) is 0 Å². The van der Waals surface area contributed by atoms with Gasteiger partial charge in [-0.05, 0) is 19.1 Å². The molecule has 1 aliphatic heterocycles. The first-order valence-electron chi connectivity index (χ1n) is 5.14. The lowest BCUT2D eigenvalue weighted by atomic mass is 10.4. The molecular formula is C10H16ClN5. The van der Waals surface area contributed by atoms with Crippen LogP contribution in [0.1, 0.15) is 6.92 Å². The number of guanidine groups is 1. The van der Waals surface area contributed by atoms with Crippen molar-refractivity contribution in [2.75, 3.05) is 30.3 Å². The second kappa shape index (κ2) is 6.17. The number of aromatic nitrogens is 1. The van der Waals surface area contributed by atoms with Gasteiger partial charge < -0.3 is 16.0 Å². The first-order valence-corrected chi connectivity index (χ1v) is 5.14. The maximum absolute atomic E-state index is 4.25. The molecule has 1 aromatic rings. The summed E-state index contributed by atoms with van der Waals surface area (Å²) in [4.78, 5) is 8.49. The lowest BCUT2D eigenvalue weighted by Gasteiger charge is -2.07. The van der Waals surface area contributed by atoms with Crippen LogP contribution in [0.25, 0.3) is 0 Å². The fourth-order valence-corrected chi connectivity index (χ4v) is 1.37. The summed E-state index contributed by atoms with van der Waals surface area (Å²) in [5, 5.41) is 9.44. The van der Waals surface area contributed by atoms with Crippen molar-refractivity contribution >= 4 is 29.9 Å². The number of anilines is 2. The number of nitrogens with one attached hydrogen (secondary N) is 3. The van der Waals surface area contributed by atoms with Crippen molar-refractivity contribution in [3.63, 3.8) is 0 Å². The smallest absolute Gasteiger partial charge is 0.195 e. The Morgan fingerprint density at radius 3 is 2.88 bits per heavy atom. The van der Waals surface area contributed by atoms with Crippen LogP contribution in [0.4, 0.5) is 11.5 Å². The Balaban J connectivity index is 0.00000128. The van der Waals surface area contributed by atoms with Crippen LogP contribution in [-0.2, 0) is 0 Å². The molecule has 3 N–H and O–H groups in total. The standard InChI is InChI=1S/C10H15N5.ClH/c1-2-11-9-4-3-8(7-14-9)15-10-12-5-6-13-10;/h3-4,7H,2,5-6H2,1H3,(H,11,14)(H2,12,13,15);1H. The summed E-state index contributed by atoms with van der Waals surface area (Å²) < 4.78 is 0. The van der Waals surface area contributed by atoms with E-state index in [1.54, 1.807) is 6.20 Å². The fraction of sp³-hybridized carbons (Fsp3) is 0.400. The molecule has 2 heterocycles. The van der Waals surface area contributed by atoms with Gasteiger partial charge >= 0.3 is 0 Å². The Morgan fingerprint density at radius 1 is 1.44 bits per heavy atom. The second-order valence-electron chi connectivity index (χ2n) is 3.24. The number of halogens is 1. The minimum absolute atomic E-state index is 0. The molecule has 0 amide bonds. The van der Waals surface area contributed by atoms with Crippen molar-refractivity contribution in [1.82, 2.24) is 10.3 Å². The van der Waals surface area contributed by atoms with Gasteiger partial charge in [0.05, 0.1) is 18.4 Å². The normalized spacial score (nSPS) is 13.4. The van der Waals surface area contributed by atoms with Crippen LogP contribution in [0, 0.1) is 0 Å². The summed E-state index contributed by atoms with van der Waals surface area (Å²) in [6.07, 6.45) is 1.79. The molecule has 0 aliphatic carbocycles. The van der Waals surface area contributed by atoms with E-state index in [-0.39, 0.29) is 12.4 Å². The number of aliphatic imine (C=N–C) groups is 1. The maximum Gasteiger partial charge on any atom is 0.195 e. The third kappa shape index (κ3) is 3.27. The number of nitrogens with zero attached hydrogens (tertiary/aromatic N) is 2. The summed E-state index contributed by atoms with van der Waals surface area (Å²) in [6.45, 7) is 4.68. The van der Waals surface area contributed by atoms with Crippen LogP contribution in [0.5, 0.6) is 0 Å². The molecule has 16 heavy (non-hydrogen) atoms. The molecule has 0 saturated carbocycles. The van der Waals surface area contributed by atoms with E-state index in [1.165, 1.54) is 0 Å². The first-order chi connectivity index (χ1) is 7.38. The molecule has 0 radical (unpaired) electrons. The first kappa shape index (κ1) is 12.6. The van der Waals surface area contributed by atoms with E-state index in [2.05, 4.69) is 25.9 Å². The molecule has 1 aliphatic rings. The topological polar surface area (TPSA) is 61.3 Å². The van der Waals surface area contributed by atoms with Gasteiger partial charge in [0.15, 0.2) is 5.96 Å². The van der Waals surface area contributed by atoms with Gasteiger partial charge in [0.2, 0.25) is 0 Å². The van der Waals surface area contributed by atoms with Crippen molar-refractivity contribution in [3.05, 3.63) is 18.3 Å². The van der Waals surface area contributed by atoms with Crippen LogP contribution in [0.15, 0.2) is 23.3 Å². The van der Waals surface area contributed by atoms with Gasteiger partial charge in [0, 0.05) is 13.1 Å². The number of rotatable bonds is 3. The predicted molar refractivity (Wildman–Crippen MR) is 69.6 cm³/mol. The zero-order chi connectivity index (χ0) is 10.5. The van der Waals surface area contributed by atoms with Gasteiger partial charge in [-0.2, -0.15) is 0 Å². The molecule has 5 nitrogen and oxygen atoms in total. The minimum Gasteiger partial charge on any atom is -0.370 e. The summed E-state index contributed by atoms with van der Waals surface area (Å²) in [5.74, 6) is 1.72. The van der Waals surface area contributed by atoms with Crippen LogP contribution in [0.2, 0.25) is 0 Å². The summed E-state index contributed by atoms with van der Waals surface area (Å²) in [5.41, 5.74) is 0.949. The largest absolute Gasteiger partial charge is 0.370 e. The molecule has 0 fully saturated rings. The zero-order valence-corrected chi connectivity index (χ0v) is 9.97. The fourth-order valence-electron chi connectivity index (χ4n) is 1.37. The Morgan fingerprint density at radius 2 is 2.31 bits per heavy atom. The van der Waals surface area contributed by atoms with Gasteiger partial charge in [-0.3, -0.25) is 4.99 Å². The van der Waals surface area contributed by atoms with Gasteiger partial charge in [0.25, 0.3) is 0 Å². The van der Waals surface area contributed by atoms with Crippen LogP contribution >= 0.6 is 12.4 Å². The molecule has 88 valence electrons. The van der Waals surface area contributed by atoms with Crippen LogP contribution in [0.3, 0.4) is 0 Å². The molecular weight excluding hydrogens is 226 g/mol. The molecule has 0 unspecified atom stereocenters. The Kier molecular flexibility index (Phi) is 4.85. The van der Waals surface area contributed by atoms with Crippen LogP contribution in [-0.4, -0.2) is 30.6 Å². The van der Waals surface area contributed by atoms with Gasteiger partial charge in [-0.1, -0.05) is 0 Å². The molecule has 0 spiro atoms. The van der Waals surface area contributed by atoms with Crippen molar-refractivity contribution in [2.45, 2.75) is 6.92 Å². The second-order valence-corrected chi connectivity index (χ2v) is 3.24. The zero-order valence-electron chi connectivity index (χ0n) is 9.16.